The Morgan fingerprint density at radius 3 is 2.36 bits per heavy atom. The van der Waals surface area contributed by atoms with Gasteiger partial charge in [-0.05, 0) is 79.3 Å². The van der Waals surface area contributed by atoms with Crippen LogP contribution in [0.3, 0.4) is 0 Å². The lowest BCUT2D eigenvalue weighted by Crippen LogP contribution is -2.56. The van der Waals surface area contributed by atoms with Crippen LogP contribution < -0.4 is 16.4 Å². The molecule has 4 N–H and O–H groups in total. The van der Waals surface area contributed by atoms with Gasteiger partial charge < -0.3 is 21.3 Å². The molecule has 0 aromatic heterocycles. The number of carbonyl (C=O) groups excluding carboxylic acids is 4. The number of hydrogen-bond acceptors (Lipinski definition) is 5. The summed E-state index contributed by atoms with van der Waals surface area (Å²) in [6.07, 6.45) is 3.54. The molecule has 3 amide bonds. The van der Waals surface area contributed by atoms with Crippen LogP contribution >= 0.6 is 11.6 Å². The van der Waals surface area contributed by atoms with Crippen molar-refractivity contribution in [2.24, 2.45) is 17.6 Å². The number of nitrogens with one attached hydrogen (secondary N) is 2. The van der Waals surface area contributed by atoms with Gasteiger partial charge in [-0.15, -0.1) is 0 Å². The second kappa shape index (κ2) is 12.8. The molecule has 3 atom stereocenters. The number of benzene rings is 3. The third-order valence-corrected chi connectivity index (χ3v) is 10.2. The van der Waals surface area contributed by atoms with Crippen LogP contribution in [-0.2, 0) is 27.3 Å². The van der Waals surface area contributed by atoms with Crippen LogP contribution in [0.25, 0.3) is 0 Å². The van der Waals surface area contributed by atoms with Gasteiger partial charge in [0.15, 0.2) is 5.78 Å². The van der Waals surface area contributed by atoms with Crippen LogP contribution in [0.4, 0.5) is 5.69 Å². The lowest BCUT2D eigenvalue weighted by Gasteiger charge is -2.37. The van der Waals surface area contributed by atoms with Crippen molar-refractivity contribution in [2.45, 2.75) is 76.0 Å². The molecule has 3 aliphatic carbocycles. The largest absolute Gasteiger partial charge is 0.342 e. The zero-order valence-electron chi connectivity index (χ0n) is 25.4. The number of halogens is 1. The molecule has 3 saturated carbocycles. The molecule has 0 unspecified atom stereocenters. The Hall–Kier alpha value is -4.01. The van der Waals surface area contributed by atoms with Crippen LogP contribution in [0.2, 0.25) is 5.02 Å². The Kier molecular flexibility index (Phi) is 8.80. The van der Waals surface area contributed by atoms with Crippen molar-refractivity contribution in [1.29, 1.82) is 0 Å². The van der Waals surface area contributed by atoms with Gasteiger partial charge in [-0.1, -0.05) is 66.2 Å². The number of aryl methyl sites for hydroxylation is 1. The molecule has 2 bridgehead atoms. The van der Waals surface area contributed by atoms with E-state index < -0.39 is 12.1 Å². The van der Waals surface area contributed by atoms with Crippen molar-refractivity contribution in [2.75, 3.05) is 5.32 Å². The highest BCUT2D eigenvalue weighted by Gasteiger charge is 2.54. The van der Waals surface area contributed by atoms with Crippen LogP contribution in [0.5, 0.6) is 0 Å². The number of Topliss-reactive ketones (excluding diaryl/α,β-unsaturated/α-hetero) is 1. The first-order chi connectivity index (χ1) is 21.6. The minimum absolute atomic E-state index is 0.0121. The lowest BCUT2D eigenvalue weighted by molar-refractivity contribution is -0.142. The summed E-state index contributed by atoms with van der Waals surface area (Å²) in [7, 11) is 0. The summed E-state index contributed by atoms with van der Waals surface area (Å²) in [6, 6.07) is 20.3. The molecule has 234 valence electrons. The number of nitrogens with two attached hydrogens (primary N) is 1. The number of ketones is 1. The molecule has 3 fully saturated rings. The summed E-state index contributed by atoms with van der Waals surface area (Å²) in [5.74, 6) is -0.415. The molecule has 3 aromatic rings. The van der Waals surface area contributed by atoms with Gasteiger partial charge in [0, 0.05) is 47.6 Å². The van der Waals surface area contributed by atoms with Gasteiger partial charge in [-0.25, -0.2) is 0 Å². The fourth-order valence-electron chi connectivity index (χ4n) is 7.35. The Labute approximate surface area is 268 Å². The van der Waals surface area contributed by atoms with E-state index in [1.807, 2.05) is 37.3 Å². The van der Waals surface area contributed by atoms with Gasteiger partial charge in [0.1, 0.15) is 12.1 Å². The van der Waals surface area contributed by atoms with Crippen molar-refractivity contribution >= 4 is 40.8 Å². The predicted octanol–water partition coefficient (Wildman–Crippen LogP) is 5.21. The maximum Gasteiger partial charge on any atom is 0.246 e. The highest BCUT2D eigenvalue weighted by molar-refractivity contribution is 6.31. The van der Waals surface area contributed by atoms with Gasteiger partial charge >= 0.3 is 0 Å². The average molecular weight is 627 g/mol. The van der Waals surface area contributed by atoms with Gasteiger partial charge in [-0.2, -0.15) is 0 Å². The minimum atomic E-state index is -0.814. The molecule has 3 aromatic carbocycles. The molecule has 1 aliphatic heterocycles. The molecule has 7 rings (SSSR count). The van der Waals surface area contributed by atoms with Crippen LogP contribution in [0.1, 0.15) is 65.6 Å². The molecular formula is C36H39ClN4O4. The van der Waals surface area contributed by atoms with Crippen molar-refractivity contribution < 1.29 is 19.2 Å². The number of carbonyl (C=O) groups is 4. The third kappa shape index (κ3) is 6.82. The number of nitrogens with zero attached hydrogens (tertiary/aromatic N) is 1. The van der Waals surface area contributed by atoms with E-state index in [-0.39, 0.29) is 54.3 Å². The van der Waals surface area contributed by atoms with Gasteiger partial charge in [0.05, 0.1) is 0 Å². The summed E-state index contributed by atoms with van der Waals surface area (Å²) >= 11 is 6.20. The molecule has 0 saturated heterocycles. The predicted molar refractivity (Wildman–Crippen MR) is 174 cm³/mol. The van der Waals surface area contributed by atoms with E-state index >= 15 is 0 Å². The Morgan fingerprint density at radius 2 is 1.67 bits per heavy atom. The summed E-state index contributed by atoms with van der Waals surface area (Å²) in [5, 5.41) is 6.61. The van der Waals surface area contributed by atoms with E-state index in [0.717, 1.165) is 36.0 Å². The molecular weight excluding hydrogens is 588 g/mol. The summed E-state index contributed by atoms with van der Waals surface area (Å²) in [6.45, 7) is 2.12. The third-order valence-electron chi connectivity index (χ3n) is 9.80. The summed E-state index contributed by atoms with van der Waals surface area (Å²) < 4.78 is 0. The van der Waals surface area contributed by atoms with E-state index in [1.54, 1.807) is 47.4 Å². The van der Waals surface area contributed by atoms with Crippen molar-refractivity contribution in [3.05, 3.63) is 100 Å². The number of hydrogen-bond donors (Lipinski definition) is 3. The van der Waals surface area contributed by atoms with Crippen molar-refractivity contribution in [1.82, 2.24) is 10.2 Å². The first-order valence-electron chi connectivity index (χ1n) is 15.7. The molecule has 0 spiro atoms. The zero-order chi connectivity index (χ0) is 31.7. The van der Waals surface area contributed by atoms with Crippen molar-refractivity contribution in [3.8, 4) is 0 Å². The van der Waals surface area contributed by atoms with E-state index in [2.05, 4.69) is 10.6 Å². The highest BCUT2D eigenvalue weighted by atomic mass is 35.5. The molecule has 45 heavy (non-hydrogen) atoms. The van der Waals surface area contributed by atoms with Crippen LogP contribution in [-0.4, -0.2) is 46.0 Å². The Balaban J connectivity index is 1.20. The number of anilines is 1. The number of fused-ring (bicyclic) bond motifs is 2. The molecule has 1 heterocycles. The standard InChI is InChI=1S/C36H39ClN4O4/c1-22-15-28(11-12-29(22)37)39-34(44)30(16-26-18-36(38)19-27(26)20-36)40-35(45)31-17-24-9-5-6-10-25(24)21-41(31)33(43)14-13-32(42)23-7-3-2-4-8-23/h2-12,15,26-27,30-31H,13-14,16-21,38H2,1H3,(H,39,44)(H,40,45)/t26-,27?,30-,31+,36?/m1/s1. The second-order valence-electron chi connectivity index (χ2n) is 13.0. The van der Waals surface area contributed by atoms with Crippen molar-refractivity contribution in [3.63, 3.8) is 0 Å². The fourth-order valence-corrected chi connectivity index (χ4v) is 7.47. The Bertz CT molecular complexity index is 1620. The highest BCUT2D eigenvalue weighted by Crippen LogP contribution is 2.55. The topological polar surface area (TPSA) is 122 Å². The van der Waals surface area contributed by atoms with E-state index in [0.29, 0.717) is 35.0 Å². The number of rotatable bonds is 10. The zero-order valence-corrected chi connectivity index (χ0v) is 26.2. The minimum Gasteiger partial charge on any atom is -0.342 e. The summed E-state index contributed by atoms with van der Waals surface area (Å²) in [4.78, 5) is 55.8. The maximum atomic E-state index is 14.1. The SMILES string of the molecule is Cc1cc(NC(=O)[C@@H](C[C@@H]2CC3(N)CC2C3)NC(=O)[C@@H]2Cc3ccccc3CN2C(=O)CCC(=O)c2ccccc2)ccc1Cl. The van der Waals surface area contributed by atoms with Gasteiger partial charge in [0.25, 0.3) is 0 Å². The van der Waals surface area contributed by atoms with E-state index in [1.165, 1.54) is 0 Å². The van der Waals surface area contributed by atoms with Crippen LogP contribution in [0.15, 0.2) is 72.8 Å². The Morgan fingerprint density at radius 1 is 0.956 bits per heavy atom. The van der Waals surface area contributed by atoms with Crippen LogP contribution in [0, 0.1) is 18.8 Å². The summed E-state index contributed by atoms with van der Waals surface area (Å²) in [5.41, 5.74) is 10.2. The van der Waals surface area contributed by atoms with E-state index in [9.17, 15) is 19.2 Å². The fraction of sp³-hybridized carbons (Fsp3) is 0.389. The lowest BCUT2D eigenvalue weighted by atomic mass is 9.76. The molecule has 8 nitrogen and oxygen atoms in total. The maximum absolute atomic E-state index is 14.1. The first-order valence-corrected chi connectivity index (χ1v) is 16.1. The monoisotopic (exact) mass is 626 g/mol. The average Bonchev–Trinajstić information content (AvgIpc) is 3.52. The van der Waals surface area contributed by atoms with Gasteiger partial charge in [0.2, 0.25) is 17.7 Å². The van der Waals surface area contributed by atoms with Gasteiger partial charge in [-0.3, -0.25) is 19.2 Å². The first kappa shape index (κ1) is 31.0. The molecule has 0 radical (unpaired) electrons. The normalized spacial score (nSPS) is 23.8. The quantitative estimate of drug-likeness (QED) is 0.267. The smallest absolute Gasteiger partial charge is 0.246 e. The van der Waals surface area contributed by atoms with E-state index in [4.69, 9.17) is 17.3 Å². The molecule has 9 heteroatoms. The second-order valence-corrected chi connectivity index (χ2v) is 13.5. The number of amides is 3. The molecule has 4 aliphatic rings.